The predicted octanol–water partition coefficient (Wildman–Crippen LogP) is 3.31. The fourth-order valence-corrected chi connectivity index (χ4v) is 4.10. The lowest BCUT2D eigenvalue weighted by Crippen LogP contribution is -2.35. The van der Waals surface area contributed by atoms with Crippen LogP contribution in [0.5, 0.6) is 11.5 Å². The van der Waals surface area contributed by atoms with Crippen molar-refractivity contribution in [3.8, 4) is 11.5 Å². The van der Waals surface area contributed by atoms with Crippen LogP contribution in [-0.2, 0) is 28.9 Å². The Hall–Kier alpha value is -3.61. The lowest BCUT2D eigenvalue weighted by atomic mass is 10.0. The van der Waals surface area contributed by atoms with Crippen LogP contribution in [0.3, 0.4) is 0 Å². The molecule has 1 aromatic heterocycles. The van der Waals surface area contributed by atoms with Crippen LogP contribution in [0.2, 0.25) is 0 Å². The molecule has 0 saturated carbocycles. The summed E-state index contributed by atoms with van der Waals surface area (Å²) in [6.07, 6.45) is 1.68. The number of hydrogen-bond donors (Lipinski definition) is 1. The van der Waals surface area contributed by atoms with E-state index in [9.17, 15) is 9.59 Å². The van der Waals surface area contributed by atoms with E-state index >= 15 is 0 Å². The van der Waals surface area contributed by atoms with Gasteiger partial charge in [0.15, 0.2) is 17.6 Å². The summed E-state index contributed by atoms with van der Waals surface area (Å²) in [5, 5.41) is 3.58. The molecule has 7 nitrogen and oxygen atoms in total. The first kappa shape index (κ1) is 19.4. The SMILES string of the molecule is C[C@H](OC(=O)c1c2c(nc3ccccc13)CCC2)C(=O)NCc1ccc2c(c1)OCO2. The molecule has 0 saturated heterocycles. The van der Waals surface area contributed by atoms with Gasteiger partial charge in [0.25, 0.3) is 5.91 Å². The Morgan fingerprint density at radius 1 is 1.13 bits per heavy atom. The molecule has 0 unspecified atom stereocenters. The number of benzene rings is 2. The summed E-state index contributed by atoms with van der Waals surface area (Å²) in [5.41, 5.74) is 4.07. The lowest BCUT2D eigenvalue weighted by molar-refractivity contribution is -0.129. The number of fused-ring (bicyclic) bond motifs is 3. The third-order valence-electron chi connectivity index (χ3n) is 5.68. The Kier molecular flexibility index (Phi) is 4.94. The highest BCUT2D eigenvalue weighted by Crippen LogP contribution is 2.33. The summed E-state index contributed by atoms with van der Waals surface area (Å²) in [6.45, 7) is 2.08. The molecule has 1 aliphatic carbocycles. The Morgan fingerprint density at radius 3 is 2.87 bits per heavy atom. The van der Waals surface area contributed by atoms with Crippen molar-refractivity contribution in [2.45, 2.75) is 38.8 Å². The molecule has 158 valence electrons. The van der Waals surface area contributed by atoms with Gasteiger partial charge in [-0.1, -0.05) is 24.3 Å². The number of ether oxygens (including phenoxy) is 3. The molecule has 31 heavy (non-hydrogen) atoms. The number of hydrogen-bond acceptors (Lipinski definition) is 6. The number of nitrogens with one attached hydrogen (secondary N) is 1. The summed E-state index contributed by atoms with van der Waals surface area (Å²) < 4.78 is 16.2. The number of carbonyl (C=O) groups is 2. The van der Waals surface area contributed by atoms with Gasteiger partial charge in [-0.2, -0.15) is 0 Å². The molecule has 2 aliphatic rings. The number of para-hydroxylation sites is 1. The van der Waals surface area contributed by atoms with Crippen LogP contribution < -0.4 is 14.8 Å². The van der Waals surface area contributed by atoms with E-state index in [0.29, 0.717) is 23.6 Å². The number of aromatic nitrogens is 1. The van der Waals surface area contributed by atoms with Crippen molar-refractivity contribution in [3.05, 3.63) is 64.8 Å². The van der Waals surface area contributed by atoms with Gasteiger partial charge in [0, 0.05) is 17.6 Å². The number of pyridine rings is 1. The molecule has 0 bridgehead atoms. The molecule has 2 aromatic carbocycles. The van der Waals surface area contributed by atoms with E-state index < -0.39 is 12.1 Å². The van der Waals surface area contributed by atoms with Gasteiger partial charge in [-0.3, -0.25) is 9.78 Å². The second-order valence-corrected chi connectivity index (χ2v) is 7.74. The fraction of sp³-hybridized carbons (Fsp3) is 0.292. The van der Waals surface area contributed by atoms with Crippen molar-refractivity contribution >= 4 is 22.8 Å². The van der Waals surface area contributed by atoms with Crippen molar-refractivity contribution in [1.29, 1.82) is 0 Å². The maximum atomic E-state index is 13.1. The largest absolute Gasteiger partial charge is 0.454 e. The molecule has 0 radical (unpaired) electrons. The van der Waals surface area contributed by atoms with Gasteiger partial charge in [-0.15, -0.1) is 0 Å². The van der Waals surface area contributed by atoms with E-state index in [1.54, 1.807) is 6.92 Å². The Labute approximate surface area is 179 Å². The zero-order valence-electron chi connectivity index (χ0n) is 17.1. The highest BCUT2D eigenvalue weighted by Gasteiger charge is 2.27. The number of carbonyl (C=O) groups excluding carboxylic acids is 2. The fourth-order valence-electron chi connectivity index (χ4n) is 4.10. The van der Waals surface area contributed by atoms with E-state index in [-0.39, 0.29) is 12.7 Å². The number of aryl methyl sites for hydroxylation is 1. The second kappa shape index (κ2) is 7.91. The van der Waals surface area contributed by atoms with Gasteiger partial charge in [0.05, 0.1) is 11.1 Å². The molecule has 1 aliphatic heterocycles. The third kappa shape index (κ3) is 3.67. The Balaban J connectivity index is 1.29. The van der Waals surface area contributed by atoms with Crippen molar-refractivity contribution in [2.24, 2.45) is 0 Å². The van der Waals surface area contributed by atoms with Crippen LogP contribution in [-0.4, -0.2) is 29.8 Å². The number of amides is 1. The monoisotopic (exact) mass is 418 g/mol. The van der Waals surface area contributed by atoms with E-state index in [0.717, 1.165) is 47.0 Å². The number of esters is 1. The van der Waals surface area contributed by atoms with Crippen LogP contribution >= 0.6 is 0 Å². The van der Waals surface area contributed by atoms with Crippen LogP contribution in [0.15, 0.2) is 42.5 Å². The zero-order valence-corrected chi connectivity index (χ0v) is 17.1. The lowest BCUT2D eigenvalue weighted by Gasteiger charge is -2.16. The molecule has 2 heterocycles. The van der Waals surface area contributed by atoms with Crippen LogP contribution in [0.4, 0.5) is 0 Å². The molecule has 1 N–H and O–H groups in total. The van der Waals surface area contributed by atoms with Crippen LogP contribution in [0.25, 0.3) is 10.9 Å². The summed E-state index contributed by atoms with van der Waals surface area (Å²) in [5.74, 6) is 0.502. The van der Waals surface area contributed by atoms with E-state index in [1.165, 1.54) is 0 Å². The first-order chi connectivity index (χ1) is 15.1. The molecule has 7 heteroatoms. The average Bonchev–Trinajstić information content (AvgIpc) is 3.44. The molecule has 0 spiro atoms. The van der Waals surface area contributed by atoms with Crippen molar-refractivity contribution in [1.82, 2.24) is 10.3 Å². The van der Waals surface area contributed by atoms with Gasteiger partial charge < -0.3 is 19.5 Å². The zero-order chi connectivity index (χ0) is 21.4. The quantitative estimate of drug-likeness (QED) is 0.640. The van der Waals surface area contributed by atoms with Gasteiger partial charge in [-0.25, -0.2) is 4.79 Å². The molecule has 0 fully saturated rings. The van der Waals surface area contributed by atoms with E-state index in [4.69, 9.17) is 19.2 Å². The minimum absolute atomic E-state index is 0.200. The maximum Gasteiger partial charge on any atom is 0.339 e. The van der Waals surface area contributed by atoms with E-state index in [2.05, 4.69) is 5.32 Å². The summed E-state index contributed by atoms with van der Waals surface area (Å²) in [7, 11) is 0. The normalized spacial score (nSPS) is 14.9. The van der Waals surface area contributed by atoms with Crippen LogP contribution in [0, 0.1) is 0 Å². The van der Waals surface area contributed by atoms with Crippen molar-refractivity contribution in [3.63, 3.8) is 0 Å². The smallest absolute Gasteiger partial charge is 0.339 e. The van der Waals surface area contributed by atoms with E-state index in [1.807, 2.05) is 42.5 Å². The van der Waals surface area contributed by atoms with Crippen LogP contribution in [0.1, 0.15) is 40.5 Å². The first-order valence-electron chi connectivity index (χ1n) is 10.4. The highest BCUT2D eigenvalue weighted by molar-refractivity contribution is 6.06. The molecular formula is C24H22N2O5. The molecular weight excluding hydrogens is 396 g/mol. The topological polar surface area (TPSA) is 86.8 Å². The maximum absolute atomic E-state index is 13.1. The minimum atomic E-state index is -0.925. The highest BCUT2D eigenvalue weighted by atomic mass is 16.7. The average molecular weight is 418 g/mol. The van der Waals surface area contributed by atoms with Gasteiger partial charge >= 0.3 is 5.97 Å². The standard InChI is InChI=1S/C24H22N2O5/c1-14(23(27)25-12-15-9-10-20-21(11-15)30-13-29-20)31-24(28)22-16-5-2-3-7-18(16)26-19-8-4-6-17(19)22/h2-3,5,7,9-11,14H,4,6,8,12-13H2,1H3,(H,25,27)/t14-/m0/s1. The number of rotatable bonds is 5. The second-order valence-electron chi connectivity index (χ2n) is 7.74. The van der Waals surface area contributed by atoms with Crippen molar-refractivity contribution in [2.75, 3.05) is 6.79 Å². The molecule has 5 rings (SSSR count). The molecule has 1 amide bonds. The van der Waals surface area contributed by atoms with Gasteiger partial charge in [0.1, 0.15) is 0 Å². The molecule has 3 aromatic rings. The number of nitrogens with zero attached hydrogens (tertiary/aromatic N) is 1. The van der Waals surface area contributed by atoms with Gasteiger partial charge in [-0.05, 0) is 55.5 Å². The predicted molar refractivity (Wildman–Crippen MR) is 113 cm³/mol. The van der Waals surface area contributed by atoms with Crippen molar-refractivity contribution < 1.29 is 23.8 Å². The first-order valence-corrected chi connectivity index (χ1v) is 10.4. The third-order valence-corrected chi connectivity index (χ3v) is 5.68. The molecule has 1 atom stereocenters. The summed E-state index contributed by atoms with van der Waals surface area (Å²) in [6, 6.07) is 13.0. The minimum Gasteiger partial charge on any atom is -0.454 e. The summed E-state index contributed by atoms with van der Waals surface area (Å²) >= 11 is 0. The Bertz CT molecular complexity index is 1190. The summed E-state index contributed by atoms with van der Waals surface area (Å²) in [4.78, 5) is 30.3. The Morgan fingerprint density at radius 2 is 1.97 bits per heavy atom. The van der Waals surface area contributed by atoms with Gasteiger partial charge in [0.2, 0.25) is 6.79 Å².